The quantitative estimate of drug-likeness (QED) is 0.103. The second-order valence-electron chi connectivity index (χ2n) is 7.95. The number of ether oxygens (including phenoxy) is 2. The van der Waals surface area contributed by atoms with Crippen LogP contribution in [0.4, 0.5) is 0 Å². The fraction of sp³-hybridized carbons (Fsp3) is 0.538. The standard InChI is InChI=1S/C26H38O7S.Na/c1-3-5-7-9-11-13-15-19-32-25(27)23-18-17-22(34(29,30)31)21-24(23)26(28)33-20-16-14-12-10-8-6-4-2;/h9-12,17-18,21H,3-8,13-16,19-20H2,1-2H3,(H,29,30,31);/q;+1/p-1/b11-9+,12-10+;. The third kappa shape index (κ3) is 14.6. The van der Waals surface area contributed by atoms with Gasteiger partial charge >= 0.3 is 41.5 Å². The van der Waals surface area contributed by atoms with Gasteiger partial charge in [0.2, 0.25) is 0 Å². The van der Waals surface area contributed by atoms with Crippen molar-refractivity contribution in [2.75, 3.05) is 13.2 Å². The second-order valence-corrected chi connectivity index (χ2v) is 9.32. The zero-order valence-electron chi connectivity index (χ0n) is 21.3. The zero-order valence-corrected chi connectivity index (χ0v) is 24.1. The van der Waals surface area contributed by atoms with Gasteiger partial charge in [-0.05, 0) is 56.7 Å². The summed E-state index contributed by atoms with van der Waals surface area (Å²) in [5, 5.41) is 0. The van der Waals surface area contributed by atoms with Crippen LogP contribution < -0.4 is 29.6 Å². The SMILES string of the molecule is CCCC/C=C/CCCOC(=O)c1ccc(S(=O)(=O)[O-])cc1C(=O)OCCC/C=C/CCCC.[Na+]. The van der Waals surface area contributed by atoms with Crippen molar-refractivity contribution in [2.24, 2.45) is 0 Å². The van der Waals surface area contributed by atoms with E-state index < -0.39 is 27.0 Å². The van der Waals surface area contributed by atoms with E-state index in [1.807, 2.05) is 12.2 Å². The van der Waals surface area contributed by atoms with Crippen molar-refractivity contribution >= 4 is 22.1 Å². The molecule has 1 aromatic rings. The molecule has 0 aliphatic rings. The molecule has 0 saturated carbocycles. The monoisotopic (exact) mass is 516 g/mol. The molecule has 0 N–H and O–H groups in total. The number of allylic oxidation sites excluding steroid dienone is 4. The summed E-state index contributed by atoms with van der Waals surface area (Å²) in [5.74, 6) is -1.64. The van der Waals surface area contributed by atoms with Crippen LogP contribution in [0.5, 0.6) is 0 Å². The van der Waals surface area contributed by atoms with Crippen molar-refractivity contribution in [1.82, 2.24) is 0 Å². The average Bonchev–Trinajstić information content (AvgIpc) is 2.81. The smallest absolute Gasteiger partial charge is 0.744 e. The van der Waals surface area contributed by atoms with Crippen molar-refractivity contribution in [2.45, 2.75) is 83.0 Å². The van der Waals surface area contributed by atoms with Crippen LogP contribution in [0.1, 0.15) is 98.8 Å². The maximum atomic E-state index is 12.6. The molecule has 1 aromatic carbocycles. The molecule has 0 unspecified atom stereocenters. The molecule has 0 saturated heterocycles. The van der Waals surface area contributed by atoms with E-state index >= 15 is 0 Å². The van der Waals surface area contributed by atoms with Crippen LogP contribution >= 0.6 is 0 Å². The molecule has 0 spiro atoms. The van der Waals surface area contributed by atoms with Crippen molar-refractivity contribution in [1.29, 1.82) is 0 Å². The molecule has 0 aliphatic heterocycles. The van der Waals surface area contributed by atoms with E-state index in [1.165, 1.54) is 0 Å². The molecule has 0 atom stereocenters. The molecule has 1 rings (SSSR count). The molecule has 190 valence electrons. The van der Waals surface area contributed by atoms with Crippen LogP contribution in [0.15, 0.2) is 47.4 Å². The minimum Gasteiger partial charge on any atom is -0.744 e. The number of hydrogen-bond acceptors (Lipinski definition) is 7. The Balaban J connectivity index is 0.0000116. The summed E-state index contributed by atoms with van der Waals surface area (Å²) in [5.41, 5.74) is -0.421. The summed E-state index contributed by atoms with van der Waals surface area (Å²) < 4.78 is 44.7. The Bertz CT molecular complexity index is 924. The first-order valence-corrected chi connectivity index (χ1v) is 13.5. The van der Waals surface area contributed by atoms with Gasteiger partial charge in [-0.1, -0.05) is 63.8 Å². The number of rotatable bonds is 17. The third-order valence-electron chi connectivity index (χ3n) is 5.00. The first-order chi connectivity index (χ1) is 16.3. The summed E-state index contributed by atoms with van der Waals surface area (Å²) >= 11 is 0. The van der Waals surface area contributed by atoms with Crippen LogP contribution in [-0.2, 0) is 19.6 Å². The fourth-order valence-electron chi connectivity index (χ4n) is 3.03. The Kier molecular flexibility index (Phi) is 18.9. The predicted octanol–water partition coefficient (Wildman–Crippen LogP) is 2.96. The Morgan fingerprint density at radius 3 is 1.63 bits per heavy atom. The van der Waals surface area contributed by atoms with Gasteiger partial charge in [0.15, 0.2) is 0 Å². The van der Waals surface area contributed by atoms with Crippen molar-refractivity contribution in [3.8, 4) is 0 Å². The van der Waals surface area contributed by atoms with Crippen molar-refractivity contribution < 1.29 is 61.6 Å². The molecule has 9 heteroatoms. The molecule has 35 heavy (non-hydrogen) atoms. The maximum absolute atomic E-state index is 12.6. The van der Waals surface area contributed by atoms with E-state index in [2.05, 4.69) is 26.0 Å². The number of hydrogen-bond donors (Lipinski definition) is 0. The Morgan fingerprint density at radius 1 is 0.771 bits per heavy atom. The van der Waals surface area contributed by atoms with Gasteiger partial charge in [0.1, 0.15) is 10.1 Å². The Labute approximate surface area is 232 Å². The number of benzene rings is 1. The van der Waals surface area contributed by atoms with E-state index in [1.54, 1.807) is 0 Å². The van der Waals surface area contributed by atoms with Crippen LogP contribution in [-0.4, -0.2) is 38.1 Å². The normalized spacial score (nSPS) is 11.5. The molecule has 0 radical (unpaired) electrons. The van der Waals surface area contributed by atoms with Crippen LogP contribution in [0, 0.1) is 0 Å². The van der Waals surface area contributed by atoms with E-state index in [4.69, 9.17) is 9.47 Å². The summed E-state index contributed by atoms with van der Waals surface area (Å²) in [7, 11) is -4.80. The summed E-state index contributed by atoms with van der Waals surface area (Å²) in [6, 6.07) is 2.99. The van der Waals surface area contributed by atoms with Crippen LogP contribution in [0.3, 0.4) is 0 Å². The first-order valence-electron chi connectivity index (χ1n) is 12.0. The van der Waals surface area contributed by atoms with Gasteiger partial charge in [-0.3, -0.25) is 0 Å². The maximum Gasteiger partial charge on any atom is 1.00 e. The molecule has 0 bridgehead atoms. The van der Waals surface area contributed by atoms with Crippen LogP contribution in [0.25, 0.3) is 0 Å². The van der Waals surface area contributed by atoms with Gasteiger partial charge in [-0.2, -0.15) is 0 Å². The van der Waals surface area contributed by atoms with Gasteiger partial charge in [0.05, 0.1) is 29.2 Å². The van der Waals surface area contributed by atoms with Crippen molar-refractivity contribution in [3.05, 3.63) is 53.6 Å². The third-order valence-corrected chi connectivity index (χ3v) is 5.83. The second kappa shape index (κ2) is 19.7. The minimum absolute atomic E-state index is 0. The summed E-state index contributed by atoms with van der Waals surface area (Å²) in [6.07, 6.45) is 17.5. The van der Waals surface area contributed by atoms with E-state index in [0.29, 0.717) is 12.8 Å². The molecular formula is C26H37NaO7S. The van der Waals surface area contributed by atoms with Gasteiger partial charge in [-0.25, -0.2) is 18.0 Å². The average molecular weight is 517 g/mol. The predicted molar refractivity (Wildman–Crippen MR) is 131 cm³/mol. The summed E-state index contributed by atoms with van der Waals surface area (Å²) in [6.45, 7) is 4.50. The molecule has 0 fully saturated rings. The Morgan fingerprint density at radius 2 is 1.20 bits per heavy atom. The Hall–Kier alpha value is -1.45. The summed E-state index contributed by atoms with van der Waals surface area (Å²) in [4.78, 5) is 24.5. The molecule has 0 aromatic heterocycles. The number of carbonyl (C=O) groups excluding carboxylic acids is 2. The van der Waals surface area contributed by atoms with Crippen molar-refractivity contribution in [3.63, 3.8) is 0 Å². The van der Waals surface area contributed by atoms with Gasteiger partial charge in [0, 0.05) is 0 Å². The molecular weight excluding hydrogens is 479 g/mol. The van der Waals surface area contributed by atoms with Gasteiger partial charge < -0.3 is 14.0 Å². The number of carbonyl (C=O) groups is 2. The molecule has 7 nitrogen and oxygen atoms in total. The zero-order chi connectivity index (χ0) is 25.2. The van der Waals surface area contributed by atoms with E-state index in [-0.39, 0.29) is 53.9 Å². The fourth-order valence-corrected chi connectivity index (χ4v) is 3.53. The minimum atomic E-state index is -4.80. The van der Waals surface area contributed by atoms with Gasteiger partial charge in [0.25, 0.3) is 0 Å². The van der Waals surface area contributed by atoms with E-state index in [9.17, 15) is 22.6 Å². The molecule has 0 amide bonds. The van der Waals surface area contributed by atoms with E-state index in [0.717, 1.165) is 69.6 Å². The molecule has 0 heterocycles. The van der Waals surface area contributed by atoms with Crippen LogP contribution in [0.2, 0.25) is 0 Å². The number of unbranched alkanes of at least 4 members (excludes halogenated alkanes) is 6. The molecule has 0 aliphatic carbocycles. The van der Waals surface area contributed by atoms with Gasteiger partial charge in [-0.15, -0.1) is 0 Å². The first kappa shape index (κ1) is 33.5. The number of esters is 2. The topological polar surface area (TPSA) is 110 Å². The largest absolute Gasteiger partial charge is 1.00 e.